The third-order valence-electron chi connectivity index (χ3n) is 3.06. The maximum absolute atomic E-state index is 9.06. The van der Waals surface area contributed by atoms with E-state index in [1.54, 1.807) is 0 Å². The van der Waals surface area contributed by atoms with Crippen molar-refractivity contribution in [2.45, 2.75) is 39.0 Å². The molecule has 0 bridgehead atoms. The molecule has 0 heterocycles. The van der Waals surface area contributed by atoms with Gasteiger partial charge in [-0.25, -0.2) is 0 Å². The summed E-state index contributed by atoms with van der Waals surface area (Å²) >= 11 is 0. The monoisotopic (exact) mass is 163 g/mol. The van der Waals surface area contributed by atoms with Crippen molar-refractivity contribution >= 4 is 0 Å². The zero-order valence-electron chi connectivity index (χ0n) is 7.84. The van der Waals surface area contributed by atoms with Gasteiger partial charge in [-0.2, -0.15) is 5.26 Å². The molecule has 66 valence electrons. The van der Waals surface area contributed by atoms with Crippen molar-refractivity contribution in [2.24, 2.45) is 11.3 Å². The summed E-state index contributed by atoms with van der Waals surface area (Å²) in [5.41, 5.74) is -0.0531. The van der Waals surface area contributed by atoms with Crippen LogP contribution in [0.5, 0.6) is 0 Å². The maximum atomic E-state index is 9.06. The minimum absolute atomic E-state index is 0.0531. The molecule has 0 aromatic heterocycles. The highest BCUT2D eigenvalue weighted by molar-refractivity contribution is 5.06. The van der Waals surface area contributed by atoms with Crippen molar-refractivity contribution in [3.05, 3.63) is 12.7 Å². The van der Waals surface area contributed by atoms with E-state index >= 15 is 0 Å². The minimum Gasteiger partial charge on any atom is -0.198 e. The van der Waals surface area contributed by atoms with Gasteiger partial charge in [0.05, 0.1) is 11.5 Å². The standard InChI is InChI=1S/C11H17N/c1-3-6-11(9-12)7-5-10(4-2)8-11/h3,10H,1,4-8H2,2H3. The minimum atomic E-state index is -0.0531. The van der Waals surface area contributed by atoms with Gasteiger partial charge in [-0.1, -0.05) is 19.4 Å². The second kappa shape index (κ2) is 3.76. The molecule has 0 N–H and O–H groups in total. The molecular formula is C11H17N. The van der Waals surface area contributed by atoms with Crippen molar-refractivity contribution in [1.29, 1.82) is 5.26 Å². The van der Waals surface area contributed by atoms with Crippen LogP contribution in [0.2, 0.25) is 0 Å². The van der Waals surface area contributed by atoms with Gasteiger partial charge in [-0.3, -0.25) is 0 Å². The third kappa shape index (κ3) is 1.69. The third-order valence-corrected chi connectivity index (χ3v) is 3.06. The fourth-order valence-electron chi connectivity index (χ4n) is 2.19. The van der Waals surface area contributed by atoms with Gasteiger partial charge in [0.2, 0.25) is 0 Å². The van der Waals surface area contributed by atoms with Crippen molar-refractivity contribution in [3.63, 3.8) is 0 Å². The van der Waals surface area contributed by atoms with Gasteiger partial charge < -0.3 is 0 Å². The Labute approximate surface area is 75.1 Å². The van der Waals surface area contributed by atoms with Gasteiger partial charge >= 0.3 is 0 Å². The lowest BCUT2D eigenvalue weighted by atomic mass is 9.83. The molecule has 1 rings (SSSR count). The summed E-state index contributed by atoms with van der Waals surface area (Å²) < 4.78 is 0. The predicted molar refractivity (Wildman–Crippen MR) is 50.5 cm³/mol. The van der Waals surface area contributed by atoms with Crippen LogP contribution in [-0.2, 0) is 0 Å². The molecule has 0 aromatic rings. The Morgan fingerprint density at radius 1 is 1.75 bits per heavy atom. The average molecular weight is 163 g/mol. The Hall–Kier alpha value is -0.770. The summed E-state index contributed by atoms with van der Waals surface area (Å²) in [6, 6.07) is 2.47. The van der Waals surface area contributed by atoms with Crippen LogP contribution in [0.15, 0.2) is 12.7 Å². The first-order chi connectivity index (χ1) is 5.76. The van der Waals surface area contributed by atoms with Gasteiger partial charge in [0, 0.05) is 0 Å². The maximum Gasteiger partial charge on any atom is 0.0693 e. The van der Waals surface area contributed by atoms with Crippen molar-refractivity contribution in [1.82, 2.24) is 0 Å². The summed E-state index contributed by atoms with van der Waals surface area (Å²) in [5.74, 6) is 0.782. The van der Waals surface area contributed by atoms with E-state index < -0.39 is 0 Å². The van der Waals surface area contributed by atoms with E-state index in [2.05, 4.69) is 19.6 Å². The normalized spacial score (nSPS) is 34.5. The van der Waals surface area contributed by atoms with Crippen LogP contribution in [0, 0.1) is 22.7 Å². The van der Waals surface area contributed by atoms with Crippen LogP contribution in [0.3, 0.4) is 0 Å². The number of hydrogen-bond acceptors (Lipinski definition) is 1. The molecule has 1 aliphatic rings. The molecular weight excluding hydrogens is 146 g/mol. The Morgan fingerprint density at radius 2 is 2.50 bits per heavy atom. The molecule has 1 heteroatoms. The molecule has 0 aromatic carbocycles. The van der Waals surface area contributed by atoms with Crippen LogP contribution in [0.1, 0.15) is 39.0 Å². The average Bonchev–Trinajstić information content (AvgIpc) is 2.50. The summed E-state index contributed by atoms with van der Waals surface area (Å²) in [6.45, 7) is 5.93. The molecule has 1 nitrogen and oxygen atoms in total. The molecule has 2 unspecified atom stereocenters. The number of rotatable bonds is 3. The van der Waals surface area contributed by atoms with E-state index in [1.165, 1.54) is 12.8 Å². The first kappa shape index (κ1) is 9.32. The van der Waals surface area contributed by atoms with Crippen LogP contribution >= 0.6 is 0 Å². The van der Waals surface area contributed by atoms with Gasteiger partial charge in [0.15, 0.2) is 0 Å². The highest BCUT2D eigenvalue weighted by Gasteiger charge is 2.37. The van der Waals surface area contributed by atoms with Crippen LogP contribution in [0.25, 0.3) is 0 Å². The van der Waals surface area contributed by atoms with Crippen molar-refractivity contribution < 1.29 is 0 Å². The highest BCUT2D eigenvalue weighted by Crippen LogP contribution is 2.45. The van der Waals surface area contributed by atoms with Gasteiger partial charge in [0.1, 0.15) is 0 Å². The lowest BCUT2D eigenvalue weighted by Gasteiger charge is -2.18. The zero-order valence-corrected chi connectivity index (χ0v) is 7.84. The Kier molecular flexibility index (Phi) is 2.92. The Balaban J connectivity index is 2.60. The topological polar surface area (TPSA) is 23.8 Å². The lowest BCUT2D eigenvalue weighted by molar-refractivity contribution is 0.388. The second-order valence-corrected chi connectivity index (χ2v) is 3.90. The number of nitriles is 1. The summed E-state index contributed by atoms with van der Waals surface area (Å²) in [5, 5.41) is 9.06. The second-order valence-electron chi connectivity index (χ2n) is 3.90. The smallest absolute Gasteiger partial charge is 0.0693 e. The molecule has 1 aliphatic carbocycles. The Morgan fingerprint density at radius 3 is 2.92 bits per heavy atom. The fraction of sp³-hybridized carbons (Fsp3) is 0.727. The largest absolute Gasteiger partial charge is 0.198 e. The van der Waals surface area contributed by atoms with Crippen LogP contribution in [0.4, 0.5) is 0 Å². The number of allylic oxidation sites excluding steroid dienone is 1. The molecule has 0 radical (unpaired) electrons. The van der Waals surface area contributed by atoms with Gasteiger partial charge in [-0.05, 0) is 31.6 Å². The van der Waals surface area contributed by atoms with E-state index in [4.69, 9.17) is 5.26 Å². The van der Waals surface area contributed by atoms with E-state index in [1.807, 2.05) is 6.08 Å². The molecule has 1 saturated carbocycles. The fourth-order valence-corrected chi connectivity index (χ4v) is 2.19. The predicted octanol–water partition coefficient (Wildman–Crippen LogP) is 3.28. The quantitative estimate of drug-likeness (QED) is 0.586. The highest BCUT2D eigenvalue weighted by atomic mass is 14.4. The van der Waals surface area contributed by atoms with Gasteiger partial charge in [0.25, 0.3) is 0 Å². The molecule has 0 amide bonds. The van der Waals surface area contributed by atoms with Crippen LogP contribution < -0.4 is 0 Å². The molecule has 12 heavy (non-hydrogen) atoms. The van der Waals surface area contributed by atoms with Gasteiger partial charge in [-0.15, -0.1) is 6.58 Å². The van der Waals surface area contributed by atoms with Crippen molar-refractivity contribution in [2.75, 3.05) is 0 Å². The summed E-state index contributed by atoms with van der Waals surface area (Å²) in [4.78, 5) is 0. The number of nitrogens with zero attached hydrogens (tertiary/aromatic N) is 1. The zero-order chi connectivity index (χ0) is 9.03. The molecule has 0 spiro atoms. The lowest BCUT2D eigenvalue weighted by Crippen LogP contribution is -2.12. The molecule has 1 fully saturated rings. The van der Waals surface area contributed by atoms with Crippen LogP contribution in [-0.4, -0.2) is 0 Å². The Bertz CT molecular complexity index is 202. The summed E-state index contributed by atoms with van der Waals surface area (Å²) in [7, 11) is 0. The number of hydrogen-bond donors (Lipinski definition) is 0. The van der Waals surface area contributed by atoms with Crippen molar-refractivity contribution in [3.8, 4) is 6.07 Å². The van der Waals surface area contributed by atoms with E-state index in [0.29, 0.717) is 0 Å². The molecule has 0 aliphatic heterocycles. The first-order valence-electron chi connectivity index (χ1n) is 4.78. The molecule has 0 saturated heterocycles. The van der Waals surface area contributed by atoms with E-state index in [0.717, 1.165) is 25.2 Å². The van der Waals surface area contributed by atoms with E-state index in [9.17, 15) is 0 Å². The first-order valence-corrected chi connectivity index (χ1v) is 4.78. The SMILES string of the molecule is C=CCC1(C#N)CCC(CC)C1. The summed E-state index contributed by atoms with van der Waals surface area (Å²) in [6.07, 6.45) is 7.39. The van der Waals surface area contributed by atoms with E-state index in [-0.39, 0.29) is 5.41 Å². The molecule has 2 atom stereocenters.